The van der Waals surface area contributed by atoms with Crippen molar-refractivity contribution < 1.29 is 14.6 Å². The Morgan fingerprint density at radius 2 is 1.95 bits per heavy atom. The van der Waals surface area contributed by atoms with Crippen molar-refractivity contribution in [1.29, 1.82) is 0 Å². The molecule has 0 radical (unpaired) electrons. The molecule has 0 aliphatic heterocycles. The predicted molar refractivity (Wildman–Crippen MR) is 76.6 cm³/mol. The second-order valence-corrected chi connectivity index (χ2v) is 4.71. The molecule has 1 N–H and O–H groups in total. The number of hydrogen-bond acceptors (Lipinski definition) is 3. The highest BCUT2D eigenvalue weighted by atomic mass is 16.5. The van der Waals surface area contributed by atoms with Crippen LogP contribution in [0, 0.1) is 0 Å². The monoisotopic (exact) mass is 265 g/mol. The first-order chi connectivity index (χ1) is 9.06. The Labute approximate surface area is 115 Å². The van der Waals surface area contributed by atoms with Crippen LogP contribution in [-0.4, -0.2) is 36.9 Å². The standard InChI is InChI=1S/C15H23NO3/c1-12(13(2)19-3)16(11-7-10-15(17)18)14-8-5-4-6-9-14/h4-6,8-9,12-13H,7,10-11H2,1-3H3,(H,17,18). The number of anilines is 1. The molecule has 106 valence electrons. The van der Waals surface area contributed by atoms with Crippen LogP contribution in [0.4, 0.5) is 5.69 Å². The molecule has 4 nitrogen and oxygen atoms in total. The van der Waals surface area contributed by atoms with Gasteiger partial charge in [-0.25, -0.2) is 0 Å². The van der Waals surface area contributed by atoms with Crippen LogP contribution in [0.15, 0.2) is 30.3 Å². The summed E-state index contributed by atoms with van der Waals surface area (Å²) in [6, 6.07) is 10.2. The Balaban J connectivity index is 2.76. The Morgan fingerprint density at radius 1 is 1.32 bits per heavy atom. The summed E-state index contributed by atoms with van der Waals surface area (Å²) in [4.78, 5) is 12.8. The number of carbonyl (C=O) groups is 1. The SMILES string of the molecule is COC(C)C(C)N(CCCC(=O)O)c1ccccc1. The molecular formula is C15H23NO3. The van der Waals surface area contributed by atoms with Crippen molar-refractivity contribution in [3.05, 3.63) is 30.3 Å². The summed E-state index contributed by atoms with van der Waals surface area (Å²) in [7, 11) is 1.70. The zero-order valence-corrected chi connectivity index (χ0v) is 11.9. The third kappa shape index (κ3) is 4.91. The fourth-order valence-electron chi connectivity index (χ4n) is 2.04. The molecule has 0 spiro atoms. The zero-order valence-electron chi connectivity index (χ0n) is 11.9. The highest BCUT2D eigenvalue weighted by molar-refractivity contribution is 5.66. The number of aliphatic carboxylic acids is 1. The molecule has 0 amide bonds. The molecule has 0 fully saturated rings. The summed E-state index contributed by atoms with van der Waals surface area (Å²) < 4.78 is 5.38. The first-order valence-electron chi connectivity index (χ1n) is 6.62. The van der Waals surface area contributed by atoms with Gasteiger partial charge in [0, 0.05) is 25.8 Å². The highest BCUT2D eigenvalue weighted by Gasteiger charge is 2.20. The summed E-state index contributed by atoms with van der Waals surface area (Å²) >= 11 is 0. The maximum atomic E-state index is 10.6. The van der Waals surface area contributed by atoms with Crippen molar-refractivity contribution in [2.45, 2.75) is 38.8 Å². The van der Waals surface area contributed by atoms with Gasteiger partial charge in [0.25, 0.3) is 0 Å². The minimum Gasteiger partial charge on any atom is -0.481 e. The number of rotatable bonds is 8. The van der Waals surface area contributed by atoms with Crippen LogP contribution in [0.3, 0.4) is 0 Å². The molecule has 1 aromatic rings. The van der Waals surface area contributed by atoms with Gasteiger partial charge in [-0.3, -0.25) is 4.79 Å². The third-order valence-corrected chi connectivity index (χ3v) is 3.42. The van der Waals surface area contributed by atoms with Crippen molar-refractivity contribution in [3.63, 3.8) is 0 Å². The van der Waals surface area contributed by atoms with Gasteiger partial charge in [0.15, 0.2) is 0 Å². The Morgan fingerprint density at radius 3 is 2.47 bits per heavy atom. The van der Waals surface area contributed by atoms with Crippen molar-refractivity contribution >= 4 is 11.7 Å². The van der Waals surface area contributed by atoms with E-state index in [1.807, 2.05) is 37.3 Å². The quantitative estimate of drug-likeness (QED) is 0.785. The molecule has 1 aromatic carbocycles. The minimum atomic E-state index is -0.750. The number of methoxy groups -OCH3 is 1. The lowest BCUT2D eigenvalue weighted by atomic mass is 10.1. The third-order valence-electron chi connectivity index (χ3n) is 3.42. The van der Waals surface area contributed by atoms with E-state index in [-0.39, 0.29) is 18.6 Å². The number of ether oxygens (including phenoxy) is 1. The summed E-state index contributed by atoms with van der Waals surface area (Å²) in [6.45, 7) is 4.84. The predicted octanol–water partition coefficient (Wildman–Crippen LogP) is 2.78. The molecule has 0 aromatic heterocycles. The molecule has 0 aliphatic carbocycles. The zero-order chi connectivity index (χ0) is 14.3. The molecule has 4 heteroatoms. The van der Waals surface area contributed by atoms with Gasteiger partial charge in [-0.1, -0.05) is 18.2 Å². The first kappa shape index (κ1) is 15.5. The van der Waals surface area contributed by atoms with E-state index < -0.39 is 5.97 Å². The van der Waals surface area contributed by atoms with E-state index in [2.05, 4.69) is 11.8 Å². The molecule has 0 saturated heterocycles. The molecule has 2 atom stereocenters. The number of carboxylic acid groups (broad SMARTS) is 1. The second kappa shape index (κ2) is 7.79. The normalized spacial score (nSPS) is 13.8. The van der Waals surface area contributed by atoms with Crippen LogP contribution >= 0.6 is 0 Å². The van der Waals surface area contributed by atoms with Gasteiger partial charge in [0.05, 0.1) is 12.1 Å². The van der Waals surface area contributed by atoms with Gasteiger partial charge in [0.1, 0.15) is 0 Å². The first-order valence-corrected chi connectivity index (χ1v) is 6.62. The topological polar surface area (TPSA) is 49.8 Å². The maximum absolute atomic E-state index is 10.6. The summed E-state index contributed by atoms with van der Waals surface area (Å²) in [5, 5.41) is 8.75. The van der Waals surface area contributed by atoms with Crippen LogP contribution in [0.2, 0.25) is 0 Å². The van der Waals surface area contributed by atoms with Crippen molar-refractivity contribution in [1.82, 2.24) is 0 Å². The summed E-state index contributed by atoms with van der Waals surface area (Å²) in [5.41, 5.74) is 1.10. The lowest BCUT2D eigenvalue weighted by Crippen LogP contribution is -2.42. The highest BCUT2D eigenvalue weighted by Crippen LogP contribution is 2.19. The van der Waals surface area contributed by atoms with Gasteiger partial charge < -0.3 is 14.7 Å². The van der Waals surface area contributed by atoms with Crippen LogP contribution in [-0.2, 0) is 9.53 Å². The van der Waals surface area contributed by atoms with Crippen molar-refractivity contribution in [2.75, 3.05) is 18.6 Å². The smallest absolute Gasteiger partial charge is 0.303 e. The van der Waals surface area contributed by atoms with Gasteiger partial charge >= 0.3 is 5.97 Å². The lowest BCUT2D eigenvalue weighted by Gasteiger charge is -2.34. The number of hydrogen-bond donors (Lipinski definition) is 1. The molecular weight excluding hydrogens is 242 g/mol. The number of carboxylic acids is 1. The maximum Gasteiger partial charge on any atom is 0.303 e. The minimum absolute atomic E-state index is 0.0880. The molecule has 0 bridgehead atoms. The summed E-state index contributed by atoms with van der Waals surface area (Å²) in [6.07, 6.45) is 0.910. The largest absolute Gasteiger partial charge is 0.481 e. The molecule has 1 rings (SSSR count). The molecule has 0 saturated carbocycles. The molecule has 2 unspecified atom stereocenters. The number of nitrogens with zero attached hydrogens (tertiary/aromatic N) is 1. The van der Waals surface area contributed by atoms with Gasteiger partial charge in [-0.05, 0) is 32.4 Å². The van der Waals surface area contributed by atoms with E-state index in [4.69, 9.17) is 9.84 Å². The lowest BCUT2D eigenvalue weighted by molar-refractivity contribution is -0.137. The fraction of sp³-hybridized carbons (Fsp3) is 0.533. The Hall–Kier alpha value is -1.55. The van der Waals surface area contributed by atoms with E-state index in [1.165, 1.54) is 0 Å². The summed E-state index contributed by atoms with van der Waals surface area (Å²) in [5.74, 6) is -0.750. The Bertz CT molecular complexity index is 380. The van der Waals surface area contributed by atoms with E-state index in [0.29, 0.717) is 13.0 Å². The van der Waals surface area contributed by atoms with E-state index in [9.17, 15) is 4.79 Å². The Kier molecular flexibility index (Phi) is 6.36. The number of benzene rings is 1. The molecule has 0 heterocycles. The van der Waals surface area contributed by atoms with Crippen LogP contribution in [0.5, 0.6) is 0 Å². The van der Waals surface area contributed by atoms with Gasteiger partial charge in [-0.15, -0.1) is 0 Å². The van der Waals surface area contributed by atoms with E-state index in [0.717, 1.165) is 5.69 Å². The van der Waals surface area contributed by atoms with Crippen LogP contribution in [0.25, 0.3) is 0 Å². The van der Waals surface area contributed by atoms with Crippen LogP contribution in [0.1, 0.15) is 26.7 Å². The van der Waals surface area contributed by atoms with Gasteiger partial charge in [-0.2, -0.15) is 0 Å². The fourth-order valence-corrected chi connectivity index (χ4v) is 2.04. The van der Waals surface area contributed by atoms with E-state index >= 15 is 0 Å². The second-order valence-electron chi connectivity index (χ2n) is 4.71. The van der Waals surface area contributed by atoms with Crippen molar-refractivity contribution in [2.24, 2.45) is 0 Å². The molecule has 19 heavy (non-hydrogen) atoms. The molecule has 0 aliphatic rings. The van der Waals surface area contributed by atoms with Crippen molar-refractivity contribution in [3.8, 4) is 0 Å². The average Bonchev–Trinajstić information content (AvgIpc) is 2.42. The average molecular weight is 265 g/mol. The van der Waals surface area contributed by atoms with Crippen LogP contribution < -0.4 is 4.90 Å². The number of para-hydroxylation sites is 1. The van der Waals surface area contributed by atoms with E-state index in [1.54, 1.807) is 7.11 Å². The van der Waals surface area contributed by atoms with Gasteiger partial charge in [0.2, 0.25) is 0 Å².